The van der Waals surface area contributed by atoms with Gasteiger partial charge in [-0.1, -0.05) is 23.2 Å². The predicted octanol–water partition coefficient (Wildman–Crippen LogP) is 3.46. The van der Waals surface area contributed by atoms with Crippen molar-refractivity contribution < 1.29 is 14.6 Å². The zero-order chi connectivity index (χ0) is 22.0. The number of aryl methyl sites for hydroxylation is 1. The minimum Gasteiger partial charge on any atom is -0.489 e. The van der Waals surface area contributed by atoms with Gasteiger partial charge < -0.3 is 19.6 Å². The molecule has 2 heterocycles. The predicted molar refractivity (Wildman–Crippen MR) is 125 cm³/mol. The summed E-state index contributed by atoms with van der Waals surface area (Å²) in [5.41, 5.74) is 3.03. The van der Waals surface area contributed by atoms with E-state index in [-0.39, 0.29) is 12.5 Å². The maximum absolute atomic E-state index is 12.0. The van der Waals surface area contributed by atoms with Gasteiger partial charge in [-0.2, -0.15) is 0 Å². The maximum atomic E-state index is 12.0. The van der Waals surface area contributed by atoms with Crippen LogP contribution in [0, 0.1) is 0 Å². The quantitative estimate of drug-likeness (QED) is 0.710. The van der Waals surface area contributed by atoms with Crippen LogP contribution in [-0.2, 0) is 11.2 Å². The van der Waals surface area contributed by atoms with Gasteiger partial charge in [-0.25, -0.2) is 0 Å². The van der Waals surface area contributed by atoms with Crippen LogP contribution in [0.1, 0.15) is 12.0 Å². The molecule has 4 rings (SSSR count). The molecule has 2 aliphatic heterocycles. The molecule has 1 atom stereocenters. The maximum Gasteiger partial charge on any atom is 0.227 e. The number of aliphatic hydroxyl groups excluding tert-OH is 1. The van der Waals surface area contributed by atoms with Gasteiger partial charge in [-0.3, -0.25) is 9.69 Å². The minimum absolute atomic E-state index is 0.0820. The summed E-state index contributed by atoms with van der Waals surface area (Å²) in [6, 6.07) is 11.5. The third kappa shape index (κ3) is 5.26. The molecular formula is C23H27Cl2N3O3. The molecule has 8 heteroatoms. The van der Waals surface area contributed by atoms with Gasteiger partial charge >= 0.3 is 0 Å². The lowest BCUT2D eigenvalue weighted by molar-refractivity contribution is -0.118. The lowest BCUT2D eigenvalue weighted by Crippen LogP contribution is -2.49. The number of hydrogen-bond acceptors (Lipinski definition) is 5. The number of carbonyl (C=O) groups is 1. The van der Waals surface area contributed by atoms with Crippen LogP contribution in [-0.4, -0.2) is 68.4 Å². The van der Waals surface area contributed by atoms with Gasteiger partial charge in [-0.15, -0.1) is 0 Å². The van der Waals surface area contributed by atoms with Crippen molar-refractivity contribution >= 4 is 40.5 Å². The summed E-state index contributed by atoms with van der Waals surface area (Å²) in [6.07, 6.45) is 0.543. The number of β-amino-alcohol motifs (C(OH)–C–C–N with tert-alkyl or cyclic N) is 1. The van der Waals surface area contributed by atoms with E-state index in [0.717, 1.165) is 42.5 Å². The SMILES string of the molecule is CN1C(=O)CCc2cc(Cl)c(OCC(O)CN3CCN(c4ccc(Cl)cc4)CC3)cc21. The van der Waals surface area contributed by atoms with Crippen LogP contribution in [0.15, 0.2) is 36.4 Å². The third-order valence-electron chi connectivity index (χ3n) is 5.94. The molecular weight excluding hydrogens is 437 g/mol. The molecule has 1 amide bonds. The number of hydrogen-bond donors (Lipinski definition) is 1. The molecule has 0 saturated carbocycles. The fraction of sp³-hybridized carbons (Fsp3) is 0.435. The van der Waals surface area contributed by atoms with Crippen LogP contribution in [0.3, 0.4) is 0 Å². The zero-order valence-corrected chi connectivity index (χ0v) is 19.1. The summed E-state index contributed by atoms with van der Waals surface area (Å²) >= 11 is 12.3. The molecule has 2 aromatic carbocycles. The molecule has 1 fully saturated rings. The van der Waals surface area contributed by atoms with E-state index in [1.807, 2.05) is 30.3 Å². The highest BCUT2D eigenvalue weighted by molar-refractivity contribution is 6.32. The van der Waals surface area contributed by atoms with E-state index >= 15 is 0 Å². The second kappa shape index (κ2) is 9.65. The summed E-state index contributed by atoms with van der Waals surface area (Å²) in [6.45, 7) is 4.21. The Morgan fingerprint density at radius 2 is 1.77 bits per heavy atom. The van der Waals surface area contributed by atoms with Crippen LogP contribution >= 0.6 is 23.2 Å². The van der Waals surface area contributed by atoms with Gasteiger partial charge in [-0.05, 0) is 42.3 Å². The number of amides is 1. The van der Waals surface area contributed by atoms with Crippen LogP contribution in [0.2, 0.25) is 10.0 Å². The summed E-state index contributed by atoms with van der Waals surface area (Å²) in [7, 11) is 1.76. The number of rotatable bonds is 6. The van der Waals surface area contributed by atoms with Crippen molar-refractivity contribution in [1.82, 2.24) is 4.90 Å². The Balaban J connectivity index is 1.28. The highest BCUT2D eigenvalue weighted by Gasteiger charge is 2.24. The first-order valence-electron chi connectivity index (χ1n) is 10.5. The van der Waals surface area contributed by atoms with E-state index < -0.39 is 6.10 Å². The summed E-state index contributed by atoms with van der Waals surface area (Å²) < 4.78 is 5.82. The molecule has 166 valence electrons. The van der Waals surface area contributed by atoms with E-state index in [1.54, 1.807) is 18.0 Å². The van der Waals surface area contributed by atoms with E-state index in [2.05, 4.69) is 9.80 Å². The molecule has 2 aromatic rings. The van der Waals surface area contributed by atoms with Gasteiger partial charge in [0.2, 0.25) is 5.91 Å². The van der Waals surface area contributed by atoms with Crippen LogP contribution in [0.4, 0.5) is 11.4 Å². The fourth-order valence-corrected chi connectivity index (χ4v) is 4.49. The number of carbonyl (C=O) groups excluding carboxylic acids is 1. The Bertz CT molecular complexity index is 930. The summed E-state index contributed by atoms with van der Waals surface area (Å²) in [5, 5.41) is 11.7. The second-order valence-corrected chi connectivity index (χ2v) is 8.94. The molecule has 0 aromatic heterocycles. The average Bonchev–Trinajstić information content (AvgIpc) is 2.76. The Hall–Kier alpha value is -1.99. The van der Waals surface area contributed by atoms with Gasteiger partial charge in [0.1, 0.15) is 18.5 Å². The lowest BCUT2D eigenvalue weighted by Gasteiger charge is -2.36. The smallest absolute Gasteiger partial charge is 0.227 e. The topological polar surface area (TPSA) is 56.3 Å². The zero-order valence-electron chi connectivity index (χ0n) is 17.6. The standard InChI is InChI=1S/C23H27Cl2N3O3/c1-26-21-13-22(20(25)12-16(21)2-7-23(26)30)31-15-19(29)14-27-8-10-28(11-9-27)18-5-3-17(24)4-6-18/h3-6,12-13,19,29H,2,7-11,14-15H2,1H3. The van der Waals surface area contributed by atoms with Gasteiger partial charge in [0.15, 0.2) is 0 Å². The van der Waals surface area contributed by atoms with E-state index in [0.29, 0.717) is 30.2 Å². The minimum atomic E-state index is -0.631. The number of ether oxygens (including phenoxy) is 1. The number of halogens is 2. The molecule has 1 saturated heterocycles. The third-order valence-corrected chi connectivity index (χ3v) is 6.49. The molecule has 31 heavy (non-hydrogen) atoms. The molecule has 0 radical (unpaired) electrons. The van der Waals surface area contributed by atoms with Gasteiger partial charge in [0.25, 0.3) is 0 Å². The van der Waals surface area contributed by atoms with Crippen molar-refractivity contribution in [2.24, 2.45) is 0 Å². The number of nitrogens with zero attached hydrogens (tertiary/aromatic N) is 3. The van der Waals surface area contributed by atoms with Crippen molar-refractivity contribution in [3.63, 3.8) is 0 Å². The Morgan fingerprint density at radius 3 is 2.48 bits per heavy atom. The number of piperazine rings is 1. The second-order valence-electron chi connectivity index (χ2n) is 8.09. The van der Waals surface area contributed by atoms with Crippen molar-refractivity contribution in [3.8, 4) is 5.75 Å². The highest BCUT2D eigenvalue weighted by atomic mass is 35.5. The van der Waals surface area contributed by atoms with Crippen LogP contribution in [0.5, 0.6) is 5.75 Å². The number of fused-ring (bicyclic) bond motifs is 1. The fourth-order valence-electron chi connectivity index (χ4n) is 4.13. The summed E-state index contributed by atoms with van der Waals surface area (Å²) in [5.74, 6) is 0.576. The molecule has 2 aliphatic rings. The first-order chi connectivity index (χ1) is 14.9. The first-order valence-corrected chi connectivity index (χ1v) is 11.3. The van der Waals surface area contributed by atoms with Gasteiger partial charge in [0.05, 0.1) is 10.7 Å². The summed E-state index contributed by atoms with van der Waals surface area (Å²) in [4.78, 5) is 18.2. The molecule has 0 aliphatic carbocycles. The molecule has 1 N–H and O–H groups in total. The van der Waals surface area contributed by atoms with E-state index in [4.69, 9.17) is 27.9 Å². The largest absolute Gasteiger partial charge is 0.489 e. The normalized spacial score (nSPS) is 18.1. The molecule has 0 bridgehead atoms. The highest BCUT2D eigenvalue weighted by Crippen LogP contribution is 2.36. The lowest BCUT2D eigenvalue weighted by atomic mass is 10.0. The monoisotopic (exact) mass is 463 g/mol. The van der Waals surface area contributed by atoms with E-state index in [1.165, 1.54) is 5.69 Å². The first kappa shape index (κ1) is 22.2. The van der Waals surface area contributed by atoms with Crippen molar-refractivity contribution in [2.75, 3.05) is 56.2 Å². The van der Waals surface area contributed by atoms with Crippen molar-refractivity contribution in [1.29, 1.82) is 0 Å². The number of benzene rings is 2. The van der Waals surface area contributed by atoms with Gasteiger partial charge in [0, 0.05) is 63.0 Å². The molecule has 6 nitrogen and oxygen atoms in total. The van der Waals surface area contributed by atoms with Crippen LogP contribution in [0.25, 0.3) is 0 Å². The number of aliphatic hydroxyl groups is 1. The Labute approximate surface area is 192 Å². The number of anilines is 2. The molecule has 0 spiro atoms. The average molecular weight is 464 g/mol. The van der Waals surface area contributed by atoms with E-state index in [9.17, 15) is 9.90 Å². The molecule has 1 unspecified atom stereocenters. The Morgan fingerprint density at radius 1 is 1.06 bits per heavy atom. The van der Waals surface area contributed by atoms with Crippen LogP contribution < -0.4 is 14.5 Å². The van der Waals surface area contributed by atoms with Crippen molar-refractivity contribution in [3.05, 3.63) is 52.0 Å². The Kier molecular flexibility index (Phi) is 6.92. The van der Waals surface area contributed by atoms with Crippen molar-refractivity contribution in [2.45, 2.75) is 18.9 Å².